The molecule has 1 aliphatic heterocycles. The van der Waals surface area contributed by atoms with Gasteiger partial charge in [-0.2, -0.15) is 4.68 Å². The van der Waals surface area contributed by atoms with Crippen molar-refractivity contribution in [1.82, 2.24) is 29.9 Å². The standard InChI is InChI=1S/C15H22N6O4/c22-8-11(9-23)7-16-15(24)21-4-1-13(19-21)20-10-17-18-14(20)12-2-5-25-6-3-12/h1,4,10-12,22-23H,2-3,5-9H2,(H,16,24). The molecule has 0 radical (unpaired) electrons. The number of aliphatic hydroxyl groups excluding tert-OH is 2. The van der Waals surface area contributed by atoms with Gasteiger partial charge in [-0.15, -0.1) is 15.3 Å². The smallest absolute Gasteiger partial charge is 0.342 e. The monoisotopic (exact) mass is 350 g/mol. The van der Waals surface area contributed by atoms with Crippen LogP contribution in [0.5, 0.6) is 0 Å². The minimum absolute atomic E-state index is 0.168. The summed E-state index contributed by atoms with van der Waals surface area (Å²) in [4.78, 5) is 12.1. The first-order valence-corrected chi connectivity index (χ1v) is 8.26. The van der Waals surface area contributed by atoms with Crippen LogP contribution in [0.4, 0.5) is 4.79 Å². The Morgan fingerprint density at radius 1 is 1.36 bits per heavy atom. The Labute approximate surface area is 144 Å². The maximum atomic E-state index is 12.1. The highest BCUT2D eigenvalue weighted by molar-refractivity contribution is 5.75. The van der Waals surface area contributed by atoms with Crippen molar-refractivity contribution in [2.45, 2.75) is 18.8 Å². The fourth-order valence-electron chi connectivity index (χ4n) is 2.71. The fourth-order valence-corrected chi connectivity index (χ4v) is 2.71. The van der Waals surface area contributed by atoms with E-state index in [1.807, 2.05) is 0 Å². The Balaban J connectivity index is 1.69. The highest BCUT2D eigenvalue weighted by atomic mass is 16.5. The van der Waals surface area contributed by atoms with Gasteiger partial charge in [0.25, 0.3) is 0 Å². The number of nitrogens with one attached hydrogen (secondary N) is 1. The molecule has 136 valence electrons. The van der Waals surface area contributed by atoms with Crippen LogP contribution in [0.2, 0.25) is 0 Å². The van der Waals surface area contributed by atoms with Crippen LogP contribution in [0.15, 0.2) is 18.6 Å². The summed E-state index contributed by atoms with van der Waals surface area (Å²) < 4.78 is 8.34. The van der Waals surface area contributed by atoms with Gasteiger partial charge in [-0.05, 0) is 12.8 Å². The third-order valence-electron chi connectivity index (χ3n) is 4.25. The molecule has 0 aliphatic carbocycles. The molecule has 25 heavy (non-hydrogen) atoms. The number of amides is 1. The van der Waals surface area contributed by atoms with Crippen molar-refractivity contribution in [2.24, 2.45) is 5.92 Å². The Morgan fingerprint density at radius 3 is 2.84 bits per heavy atom. The van der Waals surface area contributed by atoms with Gasteiger partial charge in [0, 0.05) is 57.1 Å². The van der Waals surface area contributed by atoms with E-state index >= 15 is 0 Å². The van der Waals surface area contributed by atoms with Gasteiger partial charge in [0.2, 0.25) is 0 Å². The summed E-state index contributed by atoms with van der Waals surface area (Å²) >= 11 is 0. The molecular weight excluding hydrogens is 328 g/mol. The highest BCUT2D eigenvalue weighted by Gasteiger charge is 2.23. The minimum atomic E-state index is -0.432. The molecule has 10 heteroatoms. The summed E-state index contributed by atoms with van der Waals surface area (Å²) in [6.45, 7) is 1.17. The van der Waals surface area contributed by atoms with E-state index in [9.17, 15) is 4.79 Å². The molecule has 3 rings (SSSR count). The average Bonchev–Trinajstić information content (AvgIpc) is 3.32. The summed E-state index contributed by atoms with van der Waals surface area (Å²) in [5.74, 6) is 1.24. The number of carbonyl (C=O) groups excluding carboxylic acids is 1. The number of rotatable bonds is 6. The van der Waals surface area contributed by atoms with E-state index < -0.39 is 11.9 Å². The zero-order valence-electron chi connectivity index (χ0n) is 13.8. The number of hydrogen-bond acceptors (Lipinski definition) is 7. The summed E-state index contributed by atoms with van der Waals surface area (Å²) in [5.41, 5.74) is 0. The molecule has 0 aromatic carbocycles. The Hall–Kier alpha value is -2.30. The summed E-state index contributed by atoms with van der Waals surface area (Å²) in [6.07, 6.45) is 4.89. The van der Waals surface area contributed by atoms with E-state index in [0.717, 1.165) is 18.7 Å². The van der Waals surface area contributed by atoms with Crippen molar-refractivity contribution in [3.8, 4) is 5.82 Å². The van der Waals surface area contributed by atoms with Crippen LogP contribution < -0.4 is 5.32 Å². The quantitative estimate of drug-likeness (QED) is 0.642. The second-order valence-corrected chi connectivity index (χ2v) is 5.98. The lowest BCUT2D eigenvalue weighted by Gasteiger charge is -2.21. The summed E-state index contributed by atoms with van der Waals surface area (Å²) in [6, 6.07) is 1.28. The SMILES string of the molecule is O=C(NCC(CO)CO)n1ccc(-n2cnnc2C2CCOCC2)n1. The molecular formula is C15H22N6O4. The second kappa shape index (κ2) is 8.19. The van der Waals surface area contributed by atoms with Crippen molar-refractivity contribution in [3.05, 3.63) is 24.4 Å². The molecule has 1 fully saturated rings. The van der Waals surface area contributed by atoms with Crippen LogP contribution in [0.3, 0.4) is 0 Å². The predicted octanol–water partition coefficient (Wildman–Crippen LogP) is -0.484. The lowest BCUT2D eigenvalue weighted by molar-refractivity contribution is 0.0832. The number of nitrogens with zero attached hydrogens (tertiary/aromatic N) is 5. The van der Waals surface area contributed by atoms with Crippen LogP contribution in [-0.4, -0.2) is 73.8 Å². The molecule has 0 spiro atoms. The molecule has 0 atom stereocenters. The van der Waals surface area contributed by atoms with Gasteiger partial charge >= 0.3 is 6.03 Å². The molecule has 3 N–H and O–H groups in total. The topological polar surface area (TPSA) is 127 Å². The van der Waals surface area contributed by atoms with Crippen LogP contribution in [0, 0.1) is 5.92 Å². The van der Waals surface area contributed by atoms with Gasteiger partial charge in [-0.3, -0.25) is 4.57 Å². The van der Waals surface area contributed by atoms with E-state index in [0.29, 0.717) is 19.0 Å². The normalized spacial score (nSPS) is 15.6. The Kier molecular flexibility index (Phi) is 5.74. The molecule has 0 unspecified atom stereocenters. The molecule has 0 saturated carbocycles. The van der Waals surface area contributed by atoms with Gasteiger partial charge in [0.1, 0.15) is 12.2 Å². The second-order valence-electron chi connectivity index (χ2n) is 5.98. The van der Waals surface area contributed by atoms with E-state index in [1.54, 1.807) is 23.2 Å². The highest BCUT2D eigenvalue weighted by Crippen LogP contribution is 2.26. The van der Waals surface area contributed by atoms with E-state index in [-0.39, 0.29) is 25.7 Å². The predicted molar refractivity (Wildman–Crippen MR) is 86.4 cm³/mol. The molecule has 2 aromatic rings. The van der Waals surface area contributed by atoms with Crippen LogP contribution in [-0.2, 0) is 4.74 Å². The maximum Gasteiger partial charge on any atom is 0.342 e. The fraction of sp³-hybridized carbons (Fsp3) is 0.600. The molecule has 1 aliphatic rings. The van der Waals surface area contributed by atoms with E-state index in [4.69, 9.17) is 14.9 Å². The van der Waals surface area contributed by atoms with Gasteiger partial charge in [0.05, 0.1) is 0 Å². The zero-order valence-corrected chi connectivity index (χ0v) is 13.8. The van der Waals surface area contributed by atoms with Crippen molar-refractivity contribution in [3.63, 3.8) is 0 Å². The van der Waals surface area contributed by atoms with Gasteiger partial charge in [0.15, 0.2) is 5.82 Å². The number of aliphatic hydroxyl groups is 2. The lowest BCUT2D eigenvalue weighted by Crippen LogP contribution is -2.35. The summed E-state index contributed by atoms with van der Waals surface area (Å²) in [5, 5.41) is 33.1. The first-order chi connectivity index (χ1) is 12.2. The minimum Gasteiger partial charge on any atom is -0.396 e. The van der Waals surface area contributed by atoms with E-state index in [2.05, 4.69) is 20.6 Å². The Morgan fingerprint density at radius 2 is 2.12 bits per heavy atom. The van der Waals surface area contributed by atoms with Gasteiger partial charge < -0.3 is 20.3 Å². The average molecular weight is 350 g/mol. The third kappa shape index (κ3) is 4.03. The molecule has 10 nitrogen and oxygen atoms in total. The Bertz CT molecular complexity index is 690. The number of ether oxygens (including phenoxy) is 1. The molecule has 1 amide bonds. The van der Waals surface area contributed by atoms with Crippen molar-refractivity contribution < 1.29 is 19.7 Å². The first-order valence-electron chi connectivity index (χ1n) is 8.26. The lowest BCUT2D eigenvalue weighted by atomic mass is 9.99. The van der Waals surface area contributed by atoms with Crippen molar-refractivity contribution in [1.29, 1.82) is 0 Å². The number of hydrogen-bond donors (Lipinski definition) is 3. The molecule has 1 saturated heterocycles. The van der Waals surface area contributed by atoms with Crippen molar-refractivity contribution in [2.75, 3.05) is 33.0 Å². The van der Waals surface area contributed by atoms with Crippen LogP contribution in [0.25, 0.3) is 5.82 Å². The van der Waals surface area contributed by atoms with Gasteiger partial charge in [-0.25, -0.2) is 4.79 Å². The largest absolute Gasteiger partial charge is 0.396 e. The first kappa shape index (κ1) is 17.5. The number of aromatic nitrogens is 5. The van der Waals surface area contributed by atoms with Gasteiger partial charge in [-0.1, -0.05) is 0 Å². The molecule has 2 aromatic heterocycles. The molecule has 0 bridgehead atoms. The maximum absolute atomic E-state index is 12.1. The van der Waals surface area contributed by atoms with Crippen molar-refractivity contribution >= 4 is 6.03 Å². The number of carbonyl (C=O) groups is 1. The molecule has 3 heterocycles. The summed E-state index contributed by atoms with van der Waals surface area (Å²) in [7, 11) is 0. The third-order valence-corrected chi connectivity index (χ3v) is 4.25. The van der Waals surface area contributed by atoms with Crippen LogP contribution in [0.1, 0.15) is 24.6 Å². The van der Waals surface area contributed by atoms with E-state index in [1.165, 1.54) is 4.68 Å². The zero-order chi connectivity index (χ0) is 17.6. The van der Waals surface area contributed by atoms with Crippen LogP contribution >= 0.6 is 0 Å².